The zero-order valence-corrected chi connectivity index (χ0v) is 14.5. The number of anilines is 2. The van der Waals surface area contributed by atoms with E-state index in [9.17, 15) is 8.42 Å². The van der Waals surface area contributed by atoms with E-state index in [1.54, 1.807) is 0 Å². The summed E-state index contributed by atoms with van der Waals surface area (Å²) in [6.45, 7) is 5.92. The van der Waals surface area contributed by atoms with E-state index in [1.165, 1.54) is 18.4 Å². The Kier molecular flexibility index (Phi) is 4.25. The third-order valence-electron chi connectivity index (χ3n) is 3.11. The molecule has 0 unspecified atom stereocenters. The van der Waals surface area contributed by atoms with Gasteiger partial charge in [-0.2, -0.15) is 16.1 Å². The molecule has 1 aromatic rings. The summed E-state index contributed by atoms with van der Waals surface area (Å²) in [6, 6.07) is 0. The minimum atomic E-state index is -3.57. The summed E-state index contributed by atoms with van der Waals surface area (Å²) >= 11 is 3.06. The van der Waals surface area contributed by atoms with E-state index >= 15 is 0 Å². The number of hydrogen-bond acceptors (Lipinski definition) is 7. The van der Waals surface area contributed by atoms with E-state index in [4.69, 9.17) is 5.73 Å². The first kappa shape index (κ1) is 15.9. The zero-order chi connectivity index (χ0) is 15.1. The van der Waals surface area contributed by atoms with Crippen LogP contribution in [0.15, 0.2) is 4.90 Å². The van der Waals surface area contributed by atoms with Gasteiger partial charge < -0.3 is 10.6 Å². The first-order chi connectivity index (χ1) is 9.15. The molecule has 0 aromatic carbocycles. The Bertz CT molecular complexity index is 595. The number of hydrogen-bond donors (Lipinski definition) is 1. The maximum atomic E-state index is 12.4. The number of thioether (sulfide) groups is 1. The lowest BCUT2D eigenvalue weighted by molar-refractivity contribution is 0.521. The monoisotopic (exact) mass is 336 g/mol. The van der Waals surface area contributed by atoms with Gasteiger partial charge in [0.25, 0.3) is 0 Å². The molecule has 2 N–H and O–H groups in total. The minimum absolute atomic E-state index is 0.0923. The minimum Gasteiger partial charge on any atom is -0.382 e. The second-order valence-corrected chi connectivity index (χ2v) is 10.2. The molecule has 1 saturated heterocycles. The lowest BCUT2D eigenvalue weighted by Crippen LogP contribution is -2.43. The van der Waals surface area contributed by atoms with Crippen molar-refractivity contribution in [2.45, 2.75) is 23.5 Å². The molecule has 0 spiro atoms. The maximum Gasteiger partial charge on any atom is 0.249 e. The van der Waals surface area contributed by atoms with E-state index in [0.29, 0.717) is 5.00 Å². The highest BCUT2D eigenvalue weighted by molar-refractivity contribution is 8.00. The van der Waals surface area contributed by atoms with Gasteiger partial charge in [-0.3, -0.25) is 0 Å². The highest BCUT2D eigenvalue weighted by atomic mass is 32.2. The third kappa shape index (κ3) is 2.90. The third-order valence-corrected chi connectivity index (χ3v) is 7.34. The van der Waals surface area contributed by atoms with Gasteiger partial charge in [-0.25, -0.2) is 12.7 Å². The fraction of sp³-hybridized carbons (Fsp3) is 0.727. The second kappa shape index (κ2) is 5.36. The molecule has 1 aliphatic rings. The highest BCUT2D eigenvalue weighted by Gasteiger charge is 2.34. The van der Waals surface area contributed by atoms with Crippen LogP contribution in [0.1, 0.15) is 13.8 Å². The molecule has 0 saturated carbocycles. The van der Waals surface area contributed by atoms with Crippen LogP contribution in [0.25, 0.3) is 0 Å². The van der Waals surface area contributed by atoms with Crippen molar-refractivity contribution in [3.05, 3.63) is 0 Å². The van der Waals surface area contributed by atoms with E-state index in [2.05, 4.69) is 23.1 Å². The Morgan fingerprint density at radius 3 is 2.60 bits per heavy atom. The number of nitrogen functional groups attached to an aromatic ring is 1. The summed E-state index contributed by atoms with van der Waals surface area (Å²) in [4.78, 5) is 2.23. The number of sulfonamides is 1. The number of nitrogens with two attached hydrogens (primary N) is 1. The van der Waals surface area contributed by atoms with Crippen molar-refractivity contribution in [3.8, 4) is 0 Å². The smallest absolute Gasteiger partial charge is 0.249 e. The molecule has 1 aliphatic heterocycles. The Balaban J connectivity index is 2.45. The van der Waals surface area contributed by atoms with Crippen molar-refractivity contribution in [3.63, 3.8) is 0 Å². The summed E-state index contributed by atoms with van der Waals surface area (Å²) in [6.07, 6.45) is 0. The van der Waals surface area contributed by atoms with E-state index < -0.39 is 10.0 Å². The van der Waals surface area contributed by atoms with Gasteiger partial charge in [0.2, 0.25) is 10.0 Å². The predicted molar refractivity (Wildman–Crippen MR) is 86.1 cm³/mol. The molecule has 0 aliphatic carbocycles. The quantitative estimate of drug-likeness (QED) is 0.896. The van der Waals surface area contributed by atoms with Crippen molar-refractivity contribution < 1.29 is 8.42 Å². The molecule has 2 heterocycles. The Morgan fingerprint density at radius 1 is 1.40 bits per heavy atom. The molecule has 0 atom stereocenters. The first-order valence-electron chi connectivity index (χ1n) is 6.22. The number of aromatic nitrogens is 1. The fourth-order valence-corrected chi connectivity index (χ4v) is 5.46. The summed E-state index contributed by atoms with van der Waals surface area (Å²) < 4.78 is 30.2. The molecular weight excluding hydrogens is 316 g/mol. The average Bonchev–Trinajstić information content (AvgIpc) is 2.70. The molecule has 114 valence electrons. The Morgan fingerprint density at radius 2 is 2.05 bits per heavy atom. The van der Waals surface area contributed by atoms with Gasteiger partial charge in [-0.05, 0) is 25.4 Å². The van der Waals surface area contributed by atoms with Gasteiger partial charge in [-0.1, -0.05) is 0 Å². The molecule has 6 nitrogen and oxygen atoms in total. The van der Waals surface area contributed by atoms with E-state index in [0.717, 1.165) is 30.4 Å². The number of nitrogens with zero attached hydrogens (tertiary/aromatic N) is 3. The summed E-state index contributed by atoms with van der Waals surface area (Å²) in [5.74, 6) is 1.06. The van der Waals surface area contributed by atoms with Crippen LogP contribution < -0.4 is 10.6 Å². The summed E-state index contributed by atoms with van der Waals surface area (Å²) in [7, 11) is -0.561. The fourth-order valence-electron chi connectivity index (χ4n) is 2.10. The molecule has 2 rings (SSSR count). The molecule has 9 heteroatoms. The first-order valence-corrected chi connectivity index (χ1v) is 9.41. The van der Waals surface area contributed by atoms with Crippen LogP contribution in [0.3, 0.4) is 0 Å². The van der Waals surface area contributed by atoms with Crippen molar-refractivity contribution in [1.82, 2.24) is 8.68 Å². The van der Waals surface area contributed by atoms with Crippen LogP contribution in [0.2, 0.25) is 0 Å². The lowest BCUT2D eigenvalue weighted by Gasteiger charge is -2.38. The van der Waals surface area contributed by atoms with Crippen molar-refractivity contribution >= 4 is 44.1 Å². The van der Waals surface area contributed by atoms with Gasteiger partial charge >= 0.3 is 0 Å². The SMILES string of the molecule is CN(C)S(=O)(=O)c1c(N)nsc1N1CCSC(C)(C)C1. The standard InChI is InChI=1S/C11H20N4O2S3/c1-11(2)7-15(5-6-18-11)10-8(9(12)13-19-10)20(16,17)14(3)4/h5-7H2,1-4H3,(H2,12,13). The largest absolute Gasteiger partial charge is 0.382 e. The molecule has 20 heavy (non-hydrogen) atoms. The van der Waals surface area contributed by atoms with E-state index in [-0.39, 0.29) is 15.5 Å². The molecule has 1 fully saturated rings. The van der Waals surface area contributed by atoms with Gasteiger partial charge in [-0.15, -0.1) is 0 Å². The highest BCUT2D eigenvalue weighted by Crippen LogP contribution is 2.40. The molecule has 0 amide bonds. The molecular formula is C11H20N4O2S3. The average molecular weight is 337 g/mol. The topological polar surface area (TPSA) is 79.5 Å². The second-order valence-electron chi connectivity index (χ2n) is 5.52. The summed E-state index contributed by atoms with van der Waals surface area (Å²) in [5.41, 5.74) is 5.80. The van der Waals surface area contributed by atoms with Gasteiger partial charge in [0.05, 0.1) is 0 Å². The molecule has 1 aromatic heterocycles. The molecule has 0 radical (unpaired) electrons. The van der Waals surface area contributed by atoms with Crippen LogP contribution >= 0.6 is 23.3 Å². The van der Waals surface area contributed by atoms with Crippen molar-refractivity contribution in [1.29, 1.82) is 0 Å². The maximum absolute atomic E-state index is 12.4. The van der Waals surface area contributed by atoms with Crippen LogP contribution in [-0.4, -0.2) is 54.8 Å². The van der Waals surface area contributed by atoms with Crippen molar-refractivity contribution in [2.24, 2.45) is 0 Å². The molecule has 0 bridgehead atoms. The Hall–Kier alpha value is -0.510. The van der Waals surface area contributed by atoms with Crippen LogP contribution in [0.4, 0.5) is 10.8 Å². The Labute approximate surface area is 128 Å². The van der Waals surface area contributed by atoms with Crippen LogP contribution in [0, 0.1) is 0 Å². The van der Waals surface area contributed by atoms with Crippen LogP contribution in [-0.2, 0) is 10.0 Å². The van der Waals surface area contributed by atoms with Crippen molar-refractivity contribution in [2.75, 3.05) is 43.6 Å². The number of rotatable bonds is 3. The normalized spacial score (nSPS) is 19.6. The van der Waals surface area contributed by atoms with E-state index in [1.807, 2.05) is 11.8 Å². The van der Waals surface area contributed by atoms with Gasteiger partial charge in [0.15, 0.2) is 10.7 Å². The van der Waals surface area contributed by atoms with Crippen LogP contribution in [0.5, 0.6) is 0 Å². The van der Waals surface area contributed by atoms with Gasteiger partial charge in [0.1, 0.15) is 5.00 Å². The zero-order valence-electron chi connectivity index (χ0n) is 12.1. The lowest BCUT2D eigenvalue weighted by atomic mass is 10.2. The predicted octanol–water partition coefficient (Wildman–Crippen LogP) is 1.31. The summed E-state index contributed by atoms with van der Waals surface area (Å²) in [5, 5.41) is 0.657. The van der Waals surface area contributed by atoms with Gasteiger partial charge in [0, 0.05) is 37.7 Å².